The van der Waals surface area contributed by atoms with Crippen LogP contribution in [0, 0.1) is 16.7 Å². The van der Waals surface area contributed by atoms with Gasteiger partial charge in [0.1, 0.15) is 12.1 Å². The molecule has 1 heterocycles. The van der Waals surface area contributed by atoms with Crippen LogP contribution in [-0.4, -0.2) is 21.9 Å². The standard InChI is InChI=1S/C16H24N2O2/c1-11(18-9-5-8-17-18)14(19)20-13-10-12-6-7-16(13,4)15(12,2)3/h5,8-9,11-13H,6-7,10H2,1-4H3. The van der Waals surface area contributed by atoms with Crippen molar-refractivity contribution in [3.63, 3.8) is 0 Å². The summed E-state index contributed by atoms with van der Waals surface area (Å²) in [5, 5.41) is 4.12. The van der Waals surface area contributed by atoms with E-state index in [9.17, 15) is 4.79 Å². The quantitative estimate of drug-likeness (QED) is 0.796. The van der Waals surface area contributed by atoms with E-state index in [1.807, 2.05) is 13.0 Å². The first kappa shape index (κ1) is 13.7. The van der Waals surface area contributed by atoms with E-state index in [-0.39, 0.29) is 28.9 Å². The topological polar surface area (TPSA) is 44.1 Å². The van der Waals surface area contributed by atoms with Crippen molar-refractivity contribution in [1.29, 1.82) is 0 Å². The maximum absolute atomic E-state index is 12.3. The Hall–Kier alpha value is -1.32. The first-order valence-corrected chi connectivity index (χ1v) is 7.56. The van der Waals surface area contributed by atoms with Crippen molar-refractivity contribution in [2.75, 3.05) is 0 Å². The Morgan fingerprint density at radius 1 is 1.45 bits per heavy atom. The van der Waals surface area contributed by atoms with E-state index in [0.717, 1.165) is 6.42 Å². The van der Waals surface area contributed by atoms with E-state index in [1.54, 1.807) is 17.1 Å². The summed E-state index contributed by atoms with van der Waals surface area (Å²) in [7, 11) is 0. The van der Waals surface area contributed by atoms with Gasteiger partial charge >= 0.3 is 5.97 Å². The Kier molecular flexibility index (Phi) is 2.96. The zero-order chi connectivity index (χ0) is 14.5. The van der Waals surface area contributed by atoms with E-state index in [4.69, 9.17) is 4.74 Å². The molecule has 4 atom stereocenters. The fraction of sp³-hybridized carbons (Fsp3) is 0.750. The van der Waals surface area contributed by atoms with Gasteiger partial charge in [0.15, 0.2) is 0 Å². The van der Waals surface area contributed by atoms with Crippen molar-refractivity contribution in [2.24, 2.45) is 16.7 Å². The largest absolute Gasteiger partial charge is 0.460 e. The van der Waals surface area contributed by atoms with Gasteiger partial charge in [0.05, 0.1) is 0 Å². The summed E-state index contributed by atoms with van der Waals surface area (Å²) >= 11 is 0. The highest BCUT2D eigenvalue weighted by atomic mass is 16.5. The lowest BCUT2D eigenvalue weighted by Gasteiger charge is -2.38. The molecule has 4 unspecified atom stereocenters. The van der Waals surface area contributed by atoms with Crippen LogP contribution in [0.25, 0.3) is 0 Å². The van der Waals surface area contributed by atoms with E-state index in [0.29, 0.717) is 5.92 Å². The van der Waals surface area contributed by atoms with Gasteiger partial charge in [-0.2, -0.15) is 5.10 Å². The van der Waals surface area contributed by atoms with E-state index >= 15 is 0 Å². The lowest BCUT2D eigenvalue weighted by atomic mass is 9.70. The van der Waals surface area contributed by atoms with Crippen molar-refractivity contribution >= 4 is 5.97 Å². The van der Waals surface area contributed by atoms with Crippen molar-refractivity contribution in [3.8, 4) is 0 Å². The molecule has 0 amide bonds. The van der Waals surface area contributed by atoms with Gasteiger partial charge in [0.25, 0.3) is 0 Å². The highest BCUT2D eigenvalue weighted by Crippen LogP contribution is 2.66. The second kappa shape index (κ2) is 4.34. The van der Waals surface area contributed by atoms with Crippen LogP contribution in [0.2, 0.25) is 0 Å². The Bertz CT molecular complexity index is 509. The van der Waals surface area contributed by atoms with Crippen molar-refractivity contribution in [1.82, 2.24) is 9.78 Å². The minimum Gasteiger partial charge on any atom is -0.460 e. The molecule has 0 radical (unpaired) electrons. The number of carbonyl (C=O) groups excluding carboxylic acids is 1. The number of carbonyl (C=O) groups is 1. The number of esters is 1. The minimum atomic E-state index is -0.351. The summed E-state index contributed by atoms with van der Waals surface area (Å²) in [4.78, 5) is 12.3. The molecule has 3 rings (SSSR count). The maximum atomic E-state index is 12.3. The van der Waals surface area contributed by atoms with Crippen LogP contribution < -0.4 is 0 Å². The van der Waals surface area contributed by atoms with Crippen LogP contribution in [-0.2, 0) is 9.53 Å². The lowest BCUT2D eigenvalue weighted by molar-refractivity contribution is -0.160. The second-order valence-electron chi connectivity index (χ2n) is 7.20. The summed E-state index contributed by atoms with van der Waals surface area (Å²) in [6, 6.07) is 1.47. The first-order valence-electron chi connectivity index (χ1n) is 7.56. The number of aromatic nitrogens is 2. The number of nitrogens with zero attached hydrogens (tertiary/aromatic N) is 2. The van der Waals surface area contributed by atoms with Gasteiger partial charge < -0.3 is 4.74 Å². The predicted octanol–water partition coefficient (Wildman–Crippen LogP) is 3.20. The van der Waals surface area contributed by atoms with E-state index in [2.05, 4.69) is 25.9 Å². The molecule has 2 aliphatic carbocycles. The predicted molar refractivity (Wildman–Crippen MR) is 76.0 cm³/mol. The summed E-state index contributed by atoms with van der Waals surface area (Å²) < 4.78 is 7.53. The lowest BCUT2D eigenvalue weighted by Crippen LogP contribution is -2.39. The molecule has 0 aromatic carbocycles. The zero-order valence-corrected chi connectivity index (χ0v) is 12.8. The van der Waals surface area contributed by atoms with E-state index in [1.165, 1.54) is 12.8 Å². The number of fused-ring (bicyclic) bond motifs is 2. The molecular weight excluding hydrogens is 252 g/mol. The smallest absolute Gasteiger partial charge is 0.330 e. The summed E-state index contributed by atoms with van der Waals surface area (Å²) in [5.41, 5.74) is 0.393. The number of rotatable bonds is 3. The van der Waals surface area contributed by atoms with Gasteiger partial charge in [-0.25, -0.2) is 4.79 Å². The fourth-order valence-electron chi connectivity index (χ4n) is 4.16. The third kappa shape index (κ3) is 1.73. The molecule has 1 aromatic heterocycles. The summed E-state index contributed by atoms with van der Waals surface area (Å²) in [6.45, 7) is 8.79. The molecule has 2 fully saturated rings. The Labute approximate surface area is 120 Å². The number of ether oxygens (including phenoxy) is 1. The monoisotopic (exact) mass is 276 g/mol. The van der Waals surface area contributed by atoms with Crippen LogP contribution in [0.15, 0.2) is 18.5 Å². The number of hydrogen-bond donors (Lipinski definition) is 0. The van der Waals surface area contributed by atoms with Crippen LogP contribution >= 0.6 is 0 Å². The highest BCUT2D eigenvalue weighted by Gasteiger charge is 2.62. The van der Waals surface area contributed by atoms with Gasteiger partial charge in [-0.05, 0) is 43.6 Å². The highest BCUT2D eigenvalue weighted by molar-refractivity contribution is 5.74. The molecule has 4 nitrogen and oxygen atoms in total. The molecule has 2 saturated carbocycles. The van der Waals surface area contributed by atoms with Gasteiger partial charge in [0, 0.05) is 17.8 Å². The molecule has 1 aromatic rings. The molecule has 0 saturated heterocycles. The molecule has 2 bridgehead atoms. The first-order chi connectivity index (χ1) is 9.36. The Balaban J connectivity index is 1.72. The van der Waals surface area contributed by atoms with E-state index < -0.39 is 0 Å². The minimum absolute atomic E-state index is 0.0572. The third-order valence-electron chi connectivity index (χ3n) is 6.24. The van der Waals surface area contributed by atoms with Crippen LogP contribution in [0.3, 0.4) is 0 Å². The van der Waals surface area contributed by atoms with Crippen LogP contribution in [0.5, 0.6) is 0 Å². The van der Waals surface area contributed by atoms with Crippen molar-refractivity contribution in [3.05, 3.63) is 18.5 Å². The number of hydrogen-bond acceptors (Lipinski definition) is 3. The van der Waals surface area contributed by atoms with Gasteiger partial charge in [-0.1, -0.05) is 20.8 Å². The molecule has 4 heteroatoms. The molecule has 0 spiro atoms. The maximum Gasteiger partial charge on any atom is 0.330 e. The Morgan fingerprint density at radius 3 is 2.70 bits per heavy atom. The van der Waals surface area contributed by atoms with Crippen molar-refractivity contribution in [2.45, 2.75) is 59.1 Å². The van der Waals surface area contributed by atoms with Gasteiger partial charge in [-0.3, -0.25) is 4.68 Å². The zero-order valence-electron chi connectivity index (χ0n) is 12.8. The van der Waals surface area contributed by atoms with Crippen molar-refractivity contribution < 1.29 is 9.53 Å². The normalized spacial score (nSPS) is 36.0. The molecule has 2 aliphatic rings. The molecule has 0 N–H and O–H groups in total. The molecule has 110 valence electrons. The average Bonchev–Trinajstić information content (AvgIpc) is 3.04. The Morgan fingerprint density at radius 2 is 2.20 bits per heavy atom. The molecular formula is C16H24N2O2. The summed E-state index contributed by atoms with van der Waals surface area (Å²) in [5.74, 6) is 0.522. The fourth-order valence-corrected chi connectivity index (χ4v) is 4.16. The van der Waals surface area contributed by atoms with Gasteiger partial charge in [-0.15, -0.1) is 0 Å². The molecule has 0 aliphatic heterocycles. The average molecular weight is 276 g/mol. The van der Waals surface area contributed by atoms with Gasteiger partial charge in [0.2, 0.25) is 0 Å². The SMILES string of the molecule is CC(C(=O)OC1CC2CCC1(C)C2(C)C)n1cccn1. The van der Waals surface area contributed by atoms with Crippen LogP contribution in [0.1, 0.15) is 53.0 Å². The van der Waals surface area contributed by atoms with Crippen LogP contribution in [0.4, 0.5) is 0 Å². The third-order valence-corrected chi connectivity index (χ3v) is 6.24. The summed E-state index contributed by atoms with van der Waals surface area (Å²) in [6.07, 6.45) is 7.00. The molecule has 20 heavy (non-hydrogen) atoms. The second-order valence-corrected chi connectivity index (χ2v) is 7.20.